The quantitative estimate of drug-likeness (QED) is 0.827. The Balaban J connectivity index is 1.97. The smallest absolute Gasteiger partial charge is 0.105 e. The van der Waals surface area contributed by atoms with Crippen molar-refractivity contribution in [3.63, 3.8) is 0 Å². The first-order valence-corrected chi connectivity index (χ1v) is 5.99. The van der Waals surface area contributed by atoms with E-state index in [4.69, 9.17) is 10.2 Å². The zero-order valence-electron chi connectivity index (χ0n) is 9.54. The summed E-state index contributed by atoms with van der Waals surface area (Å²) >= 11 is 0. The Morgan fingerprint density at radius 3 is 2.73 bits per heavy atom. The number of rotatable bonds is 3. The Labute approximate surface area is 91.8 Å². The van der Waals surface area contributed by atoms with Crippen LogP contribution in [0.1, 0.15) is 44.8 Å². The average Bonchev–Trinajstić information content (AvgIpc) is 2.71. The van der Waals surface area contributed by atoms with E-state index in [0.717, 1.165) is 12.2 Å². The van der Waals surface area contributed by atoms with Crippen LogP contribution in [0.5, 0.6) is 0 Å². The second-order valence-electron chi connectivity index (χ2n) is 5.10. The highest BCUT2D eigenvalue weighted by molar-refractivity contribution is 5.03. The van der Waals surface area contributed by atoms with Crippen molar-refractivity contribution >= 4 is 0 Å². The van der Waals surface area contributed by atoms with Crippen LogP contribution in [0.15, 0.2) is 22.8 Å². The molecule has 2 nitrogen and oxygen atoms in total. The SMILES string of the molecule is CC1(C(N)Cc2ccco2)CCCCC1. The highest BCUT2D eigenvalue weighted by Gasteiger charge is 2.33. The summed E-state index contributed by atoms with van der Waals surface area (Å²) in [4.78, 5) is 0. The first-order chi connectivity index (χ1) is 7.21. The zero-order chi connectivity index (χ0) is 10.7. The number of hydrogen-bond acceptors (Lipinski definition) is 2. The predicted octanol–water partition coefficient (Wildman–Crippen LogP) is 3.12. The Morgan fingerprint density at radius 2 is 2.13 bits per heavy atom. The molecule has 0 radical (unpaired) electrons. The molecule has 1 aromatic heterocycles. The van der Waals surface area contributed by atoms with Crippen LogP contribution in [0.25, 0.3) is 0 Å². The first-order valence-electron chi connectivity index (χ1n) is 5.99. The van der Waals surface area contributed by atoms with Gasteiger partial charge in [-0.1, -0.05) is 26.2 Å². The summed E-state index contributed by atoms with van der Waals surface area (Å²) in [6.07, 6.45) is 9.20. The van der Waals surface area contributed by atoms with Gasteiger partial charge >= 0.3 is 0 Å². The third-order valence-electron chi connectivity index (χ3n) is 3.89. The molecule has 15 heavy (non-hydrogen) atoms. The summed E-state index contributed by atoms with van der Waals surface area (Å²) < 4.78 is 5.36. The fourth-order valence-electron chi connectivity index (χ4n) is 2.62. The molecule has 2 N–H and O–H groups in total. The molecule has 1 saturated carbocycles. The third kappa shape index (κ3) is 2.43. The summed E-state index contributed by atoms with van der Waals surface area (Å²) in [6, 6.07) is 4.20. The molecule has 1 aliphatic rings. The van der Waals surface area contributed by atoms with Crippen LogP contribution in [0.3, 0.4) is 0 Å². The molecule has 0 saturated heterocycles. The molecule has 84 valence electrons. The van der Waals surface area contributed by atoms with Crippen molar-refractivity contribution in [2.45, 2.75) is 51.5 Å². The van der Waals surface area contributed by atoms with Gasteiger partial charge in [-0.15, -0.1) is 0 Å². The maximum Gasteiger partial charge on any atom is 0.105 e. The summed E-state index contributed by atoms with van der Waals surface area (Å²) in [5.74, 6) is 1.02. The molecule has 0 aromatic carbocycles. The van der Waals surface area contributed by atoms with Crippen LogP contribution >= 0.6 is 0 Å². The van der Waals surface area contributed by atoms with Gasteiger partial charge in [-0.05, 0) is 30.4 Å². The van der Waals surface area contributed by atoms with Crippen molar-refractivity contribution in [3.05, 3.63) is 24.2 Å². The zero-order valence-corrected chi connectivity index (χ0v) is 9.54. The van der Waals surface area contributed by atoms with Gasteiger partial charge in [-0.3, -0.25) is 0 Å². The van der Waals surface area contributed by atoms with E-state index in [9.17, 15) is 0 Å². The van der Waals surface area contributed by atoms with Crippen molar-refractivity contribution in [2.75, 3.05) is 0 Å². The number of furan rings is 1. The van der Waals surface area contributed by atoms with E-state index in [1.54, 1.807) is 6.26 Å². The summed E-state index contributed by atoms with van der Waals surface area (Å²) in [6.45, 7) is 2.33. The van der Waals surface area contributed by atoms with Gasteiger partial charge in [0.05, 0.1) is 6.26 Å². The molecule has 1 unspecified atom stereocenters. The molecular weight excluding hydrogens is 186 g/mol. The molecule has 0 bridgehead atoms. The Hall–Kier alpha value is -0.760. The normalized spacial score (nSPS) is 22.5. The molecule has 0 amide bonds. The molecular formula is C13H21NO. The Kier molecular flexibility index (Phi) is 3.15. The lowest BCUT2D eigenvalue weighted by Gasteiger charge is -2.38. The minimum Gasteiger partial charge on any atom is -0.469 e. The van der Waals surface area contributed by atoms with Gasteiger partial charge in [-0.25, -0.2) is 0 Å². The van der Waals surface area contributed by atoms with Gasteiger partial charge in [-0.2, -0.15) is 0 Å². The van der Waals surface area contributed by atoms with Crippen molar-refractivity contribution in [2.24, 2.45) is 11.1 Å². The topological polar surface area (TPSA) is 39.2 Å². The van der Waals surface area contributed by atoms with E-state index < -0.39 is 0 Å². The number of nitrogens with two attached hydrogens (primary N) is 1. The molecule has 1 atom stereocenters. The second-order valence-corrected chi connectivity index (χ2v) is 5.10. The van der Waals surface area contributed by atoms with Crippen LogP contribution in [0.4, 0.5) is 0 Å². The second kappa shape index (κ2) is 4.40. The van der Waals surface area contributed by atoms with Gasteiger partial charge in [0.1, 0.15) is 5.76 Å². The summed E-state index contributed by atoms with van der Waals surface area (Å²) in [7, 11) is 0. The molecule has 1 aromatic rings. The average molecular weight is 207 g/mol. The molecule has 2 heteroatoms. The van der Waals surface area contributed by atoms with Crippen molar-refractivity contribution < 1.29 is 4.42 Å². The van der Waals surface area contributed by atoms with Crippen molar-refractivity contribution in [1.29, 1.82) is 0 Å². The van der Waals surface area contributed by atoms with Crippen LogP contribution < -0.4 is 5.73 Å². The van der Waals surface area contributed by atoms with Gasteiger partial charge in [0, 0.05) is 12.5 Å². The Morgan fingerprint density at radius 1 is 1.40 bits per heavy atom. The van der Waals surface area contributed by atoms with Crippen LogP contribution in [0, 0.1) is 5.41 Å². The Bertz CT molecular complexity index is 285. The summed E-state index contributed by atoms with van der Waals surface area (Å²) in [5, 5.41) is 0. The maximum atomic E-state index is 6.31. The first kappa shape index (κ1) is 10.7. The minimum absolute atomic E-state index is 0.240. The van der Waals surface area contributed by atoms with Gasteiger partial charge in [0.25, 0.3) is 0 Å². The van der Waals surface area contributed by atoms with E-state index >= 15 is 0 Å². The maximum absolute atomic E-state index is 6.31. The van der Waals surface area contributed by atoms with Gasteiger partial charge in [0.2, 0.25) is 0 Å². The fourth-order valence-corrected chi connectivity index (χ4v) is 2.62. The molecule has 1 heterocycles. The van der Waals surface area contributed by atoms with Crippen LogP contribution in [-0.4, -0.2) is 6.04 Å². The lowest BCUT2D eigenvalue weighted by atomic mass is 9.70. The molecule has 0 aliphatic heterocycles. The van der Waals surface area contributed by atoms with E-state index in [1.807, 2.05) is 12.1 Å². The van der Waals surface area contributed by atoms with E-state index in [-0.39, 0.29) is 6.04 Å². The molecule has 1 aliphatic carbocycles. The fraction of sp³-hybridized carbons (Fsp3) is 0.692. The molecule has 0 spiro atoms. The van der Waals surface area contributed by atoms with Crippen LogP contribution in [0.2, 0.25) is 0 Å². The van der Waals surface area contributed by atoms with E-state index in [1.165, 1.54) is 32.1 Å². The van der Waals surface area contributed by atoms with Crippen LogP contribution in [-0.2, 0) is 6.42 Å². The minimum atomic E-state index is 0.240. The molecule has 1 fully saturated rings. The molecule has 2 rings (SSSR count). The highest BCUT2D eigenvalue weighted by Crippen LogP contribution is 2.38. The van der Waals surface area contributed by atoms with E-state index in [0.29, 0.717) is 5.41 Å². The van der Waals surface area contributed by atoms with Crippen molar-refractivity contribution in [3.8, 4) is 0 Å². The number of hydrogen-bond donors (Lipinski definition) is 1. The summed E-state index contributed by atoms with van der Waals surface area (Å²) in [5.41, 5.74) is 6.64. The highest BCUT2D eigenvalue weighted by atomic mass is 16.3. The standard InChI is InChI=1S/C13H21NO/c1-13(7-3-2-4-8-13)12(14)10-11-6-5-9-15-11/h5-6,9,12H,2-4,7-8,10,14H2,1H3. The lowest BCUT2D eigenvalue weighted by Crippen LogP contribution is -2.42. The van der Waals surface area contributed by atoms with Gasteiger partial charge in [0.15, 0.2) is 0 Å². The lowest BCUT2D eigenvalue weighted by molar-refractivity contribution is 0.164. The van der Waals surface area contributed by atoms with Crippen molar-refractivity contribution in [1.82, 2.24) is 0 Å². The largest absolute Gasteiger partial charge is 0.469 e. The monoisotopic (exact) mass is 207 g/mol. The van der Waals surface area contributed by atoms with Gasteiger partial charge < -0.3 is 10.2 Å². The third-order valence-corrected chi connectivity index (χ3v) is 3.89. The van der Waals surface area contributed by atoms with E-state index in [2.05, 4.69) is 6.92 Å². The predicted molar refractivity (Wildman–Crippen MR) is 61.6 cm³/mol.